The fraction of sp³-hybridized carbons (Fsp3) is 0.357. The van der Waals surface area contributed by atoms with Crippen LogP contribution in [0.5, 0.6) is 0 Å². The van der Waals surface area contributed by atoms with Crippen LogP contribution < -0.4 is 5.32 Å². The molecule has 1 aromatic heterocycles. The van der Waals surface area contributed by atoms with Crippen molar-refractivity contribution in [3.63, 3.8) is 0 Å². The van der Waals surface area contributed by atoms with Gasteiger partial charge in [0.05, 0.1) is 5.69 Å². The van der Waals surface area contributed by atoms with Crippen LogP contribution in [0.1, 0.15) is 34.1 Å². The maximum atomic E-state index is 6.18. The first-order valence-electron chi connectivity index (χ1n) is 5.98. The van der Waals surface area contributed by atoms with Crippen molar-refractivity contribution in [2.24, 2.45) is 0 Å². The molecule has 1 N–H and O–H groups in total. The van der Waals surface area contributed by atoms with Crippen molar-refractivity contribution in [2.45, 2.75) is 33.4 Å². The Morgan fingerprint density at radius 1 is 1.33 bits per heavy atom. The summed E-state index contributed by atoms with van der Waals surface area (Å²) in [5.41, 5.74) is 2.26. The monoisotopic (exact) mass is 280 g/mol. The molecule has 2 rings (SSSR count). The number of aromatic nitrogens is 1. The van der Waals surface area contributed by atoms with Crippen LogP contribution >= 0.6 is 22.9 Å². The van der Waals surface area contributed by atoms with E-state index in [0.29, 0.717) is 0 Å². The second-order valence-electron chi connectivity index (χ2n) is 4.37. The summed E-state index contributed by atoms with van der Waals surface area (Å²) in [5, 5.41) is 5.40. The lowest BCUT2D eigenvalue weighted by Crippen LogP contribution is -2.18. The molecule has 0 saturated carbocycles. The number of aryl methyl sites for hydroxylation is 2. The normalized spacial score (nSPS) is 12.7. The zero-order valence-electron chi connectivity index (χ0n) is 10.8. The van der Waals surface area contributed by atoms with Gasteiger partial charge in [0.15, 0.2) is 0 Å². The van der Waals surface area contributed by atoms with E-state index >= 15 is 0 Å². The lowest BCUT2D eigenvalue weighted by molar-refractivity contribution is 0.573. The Balaban J connectivity index is 2.00. The van der Waals surface area contributed by atoms with Gasteiger partial charge in [-0.2, -0.15) is 0 Å². The molecule has 4 heteroatoms. The molecule has 1 unspecified atom stereocenters. The first-order chi connectivity index (χ1) is 8.58. The van der Waals surface area contributed by atoms with Crippen LogP contribution in [0.4, 0.5) is 0 Å². The van der Waals surface area contributed by atoms with Crippen LogP contribution in [-0.2, 0) is 6.54 Å². The molecule has 18 heavy (non-hydrogen) atoms. The van der Waals surface area contributed by atoms with Gasteiger partial charge in [-0.25, -0.2) is 4.98 Å². The van der Waals surface area contributed by atoms with Crippen molar-refractivity contribution in [2.75, 3.05) is 0 Å². The first kappa shape index (κ1) is 13.5. The molecule has 0 saturated heterocycles. The quantitative estimate of drug-likeness (QED) is 0.905. The van der Waals surface area contributed by atoms with Gasteiger partial charge in [-0.1, -0.05) is 29.8 Å². The van der Waals surface area contributed by atoms with Crippen molar-refractivity contribution in [1.82, 2.24) is 10.3 Å². The summed E-state index contributed by atoms with van der Waals surface area (Å²) in [4.78, 5) is 5.81. The zero-order valence-corrected chi connectivity index (χ0v) is 12.4. The summed E-state index contributed by atoms with van der Waals surface area (Å²) < 4.78 is 0. The molecule has 0 fully saturated rings. The molecule has 1 atom stereocenters. The maximum Gasteiger partial charge on any atom is 0.107 e. The molecule has 0 spiro atoms. The van der Waals surface area contributed by atoms with E-state index in [1.54, 1.807) is 11.3 Å². The molecule has 96 valence electrons. The van der Waals surface area contributed by atoms with E-state index in [4.69, 9.17) is 11.6 Å². The van der Waals surface area contributed by atoms with Crippen LogP contribution in [0.3, 0.4) is 0 Å². The van der Waals surface area contributed by atoms with Gasteiger partial charge in [-0.05, 0) is 32.4 Å². The number of nitrogens with one attached hydrogen (secondary N) is 1. The number of hydrogen-bond acceptors (Lipinski definition) is 3. The van der Waals surface area contributed by atoms with Gasteiger partial charge < -0.3 is 5.32 Å². The maximum absolute atomic E-state index is 6.18. The average Bonchev–Trinajstić information content (AvgIpc) is 2.66. The number of thiazole rings is 1. The molecule has 2 aromatic rings. The third kappa shape index (κ3) is 3.10. The van der Waals surface area contributed by atoms with E-state index in [-0.39, 0.29) is 6.04 Å². The number of hydrogen-bond donors (Lipinski definition) is 1. The summed E-state index contributed by atoms with van der Waals surface area (Å²) in [7, 11) is 0. The van der Waals surface area contributed by atoms with E-state index < -0.39 is 0 Å². The first-order valence-corrected chi connectivity index (χ1v) is 7.18. The number of halogens is 1. The Bertz CT molecular complexity index is 517. The Hall–Kier alpha value is -0.900. The van der Waals surface area contributed by atoms with Crippen LogP contribution in [-0.4, -0.2) is 4.98 Å². The highest BCUT2D eigenvalue weighted by Gasteiger charge is 2.10. The molecule has 1 heterocycles. The van der Waals surface area contributed by atoms with E-state index in [9.17, 15) is 0 Å². The van der Waals surface area contributed by atoms with E-state index in [1.807, 2.05) is 25.1 Å². The van der Waals surface area contributed by atoms with Crippen LogP contribution in [0.15, 0.2) is 24.3 Å². The Morgan fingerprint density at radius 2 is 2.06 bits per heavy atom. The van der Waals surface area contributed by atoms with Gasteiger partial charge in [-0.15, -0.1) is 11.3 Å². The molecule has 0 bridgehead atoms. The lowest BCUT2D eigenvalue weighted by Gasteiger charge is -2.14. The van der Waals surface area contributed by atoms with E-state index in [0.717, 1.165) is 27.8 Å². The fourth-order valence-corrected chi connectivity index (χ4v) is 2.98. The second kappa shape index (κ2) is 5.83. The molecule has 0 radical (unpaired) electrons. The van der Waals surface area contributed by atoms with Crippen molar-refractivity contribution >= 4 is 22.9 Å². The lowest BCUT2D eigenvalue weighted by atomic mass is 10.1. The summed E-state index contributed by atoms with van der Waals surface area (Å²) >= 11 is 7.93. The molecule has 0 aliphatic rings. The molecule has 0 aliphatic heterocycles. The minimum Gasteiger partial charge on any atom is -0.304 e. The zero-order chi connectivity index (χ0) is 13.1. The van der Waals surface area contributed by atoms with Crippen LogP contribution in [0, 0.1) is 13.8 Å². The Morgan fingerprint density at radius 3 is 2.67 bits per heavy atom. The predicted octanol–water partition coefficient (Wildman–Crippen LogP) is 4.26. The standard InChI is InChI=1S/C14H17ClN2S/c1-9-11(3)18-14(17-9)8-16-10(2)12-6-4-5-7-13(12)15/h4-7,10,16H,8H2,1-3H3. The number of nitrogens with zero attached hydrogens (tertiary/aromatic N) is 1. The highest BCUT2D eigenvalue weighted by Crippen LogP contribution is 2.23. The summed E-state index contributed by atoms with van der Waals surface area (Å²) in [6, 6.07) is 8.16. The number of rotatable bonds is 4. The molecular weight excluding hydrogens is 264 g/mol. The molecule has 1 aromatic carbocycles. The van der Waals surface area contributed by atoms with Gasteiger partial charge >= 0.3 is 0 Å². The van der Waals surface area contributed by atoms with E-state index in [2.05, 4.69) is 30.2 Å². The number of benzene rings is 1. The van der Waals surface area contributed by atoms with Crippen LogP contribution in [0.25, 0.3) is 0 Å². The minimum absolute atomic E-state index is 0.225. The Labute approximate surface area is 117 Å². The summed E-state index contributed by atoms with van der Waals surface area (Å²) in [6.07, 6.45) is 0. The average molecular weight is 281 g/mol. The third-order valence-electron chi connectivity index (χ3n) is 3.00. The predicted molar refractivity (Wildman–Crippen MR) is 78.3 cm³/mol. The fourth-order valence-electron chi connectivity index (χ4n) is 1.79. The van der Waals surface area contributed by atoms with Gasteiger partial charge in [0.1, 0.15) is 5.01 Å². The second-order valence-corrected chi connectivity index (χ2v) is 6.07. The van der Waals surface area contributed by atoms with Gasteiger partial charge in [0.25, 0.3) is 0 Å². The highest BCUT2D eigenvalue weighted by molar-refractivity contribution is 7.11. The molecule has 2 nitrogen and oxygen atoms in total. The van der Waals surface area contributed by atoms with Crippen molar-refractivity contribution in [1.29, 1.82) is 0 Å². The van der Waals surface area contributed by atoms with Crippen molar-refractivity contribution in [3.05, 3.63) is 50.4 Å². The Kier molecular flexibility index (Phi) is 4.38. The van der Waals surface area contributed by atoms with Crippen molar-refractivity contribution < 1.29 is 0 Å². The minimum atomic E-state index is 0.225. The summed E-state index contributed by atoms with van der Waals surface area (Å²) in [5.74, 6) is 0. The van der Waals surface area contributed by atoms with Gasteiger partial charge in [0.2, 0.25) is 0 Å². The van der Waals surface area contributed by atoms with Crippen LogP contribution in [0.2, 0.25) is 5.02 Å². The summed E-state index contributed by atoms with van der Waals surface area (Å²) in [6.45, 7) is 7.06. The largest absolute Gasteiger partial charge is 0.304 e. The highest BCUT2D eigenvalue weighted by atomic mass is 35.5. The SMILES string of the molecule is Cc1nc(CNC(C)c2ccccc2Cl)sc1C. The third-order valence-corrected chi connectivity index (χ3v) is 4.42. The molecule has 0 aliphatic carbocycles. The van der Waals surface area contributed by atoms with Gasteiger partial charge in [0, 0.05) is 22.5 Å². The molecular formula is C14H17ClN2S. The van der Waals surface area contributed by atoms with Gasteiger partial charge in [-0.3, -0.25) is 0 Å². The van der Waals surface area contributed by atoms with Crippen molar-refractivity contribution in [3.8, 4) is 0 Å². The smallest absolute Gasteiger partial charge is 0.107 e. The molecule has 0 amide bonds. The van der Waals surface area contributed by atoms with E-state index in [1.165, 1.54) is 4.88 Å². The topological polar surface area (TPSA) is 24.9 Å².